The van der Waals surface area contributed by atoms with Gasteiger partial charge in [-0.05, 0) is 49.4 Å². The van der Waals surface area contributed by atoms with Gasteiger partial charge in [0.25, 0.3) is 0 Å². The van der Waals surface area contributed by atoms with Crippen molar-refractivity contribution in [3.05, 3.63) is 29.3 Å². The van der Waals surface area contributed by atoms with Gasteiger partial charge in [-0.3, -0.25) is 4.79 Å². The Morgan fingerprint density at radius 2 is 1.86 bits per heavy atom. The van der Waals surface area contributed by atoms with Crippen LogP contribution in [0.25, 0.3) is 0 Å². The van der Waals surface area contributed by atoms with Crippen molar-refractivity contribution in [3.63, 3.8) is 0 Å². The standard InChI is InChI=1S/C19H28N2O/c22-19(14-21-17-8-4-2-1-3-5-9-17)16-10-11-18-15(13-16)7-6-12-20-18/h10-11,13,17,20-21H,1-9,12,14H2. The van der Waals surface area contributed by atoms with Gasteiger partial charge < -0.3 is 10.6 Å². The Morgan fingerprint density at radius 1 is 1.09 bits per heavy atom. The summed E-state index contributed by atoms with van der Waals surface area (Å²) in [5.74, 6) is 0.232. The van der Waals surface area contributed by atoms with E-state index in [0.717, 1.165) is 24.9 Å². The second-order valence-corrected chi connectivity index (χ2v) is 6.75. The third kappa shape index (κ3) is 4.10. The molecule has 0 aromatic heterocycles. The van der Waals surface area contributed by atoms with Crippen LogP contribution in [-0.4, -0.2) is 24.9 Å². The first-order chi connectivity index (χ1) is 10.8. The molecule has 1 aliphatic heterocycles. The van der Waals surface area contributed by atoms with Gasteiger partial charge in [-0.2, -0.15) is 0 Å². The normalized spacial score (nSPS) is 19.6. The van der Waals surface area contributed by atoms with E-state index in [2.05, 4.69) is 22.8 Å². The lowest BCUT2D eigenvalue weighted by Gasteiger charge is -2.21. The molecule has 1 aromatic carbocycles. The summed E-state index contributed by atoms with van der Waals surface area (Å²) < 4.78 is 0. The maximum atomic E-state index is 12.4. The van der Waals surface area contributed by atoms with Crippen molar-refractivity contribution in [2.24, 2.45) is 0 Å². The molecule has 0 amide bonds. The van der Waals surface area contributed by atoms with Crippen molar-refractivity contribution in [1.82, 2.24) is 5.32 Å². The van der Waals surface area contributed by atoms with Gasteiger partial charge in [-0.15, -0.1) is 0 Å². The van der Waals surface area contributed by atoms with E-state index < -0.39 is 0 Å². The molecule has 0 unspecified atom stereocenters. The minimum absolute atomic E-state index is 0.232. The molecule has 0 bridgehead atoms. The van der Waals surface area contributed by atoms with Crippen LogP contribution in [-0.2, 0) is 6.42 Å². The number of ketones is 1. The molecule has 1 aromatic rings. The van der Waals surface area contributed by atoms with E-state index in [4.69, 9.17) is 0 Å². The van der Waals surface area contributed by atoms with Crippen molar-refractivity contribution in [1.29, 1.82) is 0 Å². The van der Waals surface area contributed by atoms with Crippen LogP contribution in [0.3, 0.4) is 0 Å². The monoisotopic (exact) mass is 300 g/mol. The third-order valence-electron chi connectivity index (χ3n) is 5.02. The maximum absolute atomic E-state index is 12.4. The summed E-state index contributed by atoms with van der Waals surface area (Å²) in [5.41, 5.74) is 3.36. The lowest BCUT2D eigenvalue weighted by molar-refractivity contribution is 0.0985. The Hall–Kier alpha value is -1.35. The zero-order valence-corrected chi connectivity index (χ0v) is 13.5. The number of Topliss-reactive ketones (excluding diaryl/α,β-unsaturated/α-hetero) is 1. The summed E-state index contributed by atoms with van der Waals surface area (Å²) in [6, 6.07) is 6.66. The fraction of sp³-hybridized carbons (Fsp3) is 0.632. The Bertz CT molecular complexity index is 504. The van der Waals surface area contributed by atoms with Crippen molar-refractivity contribution in [2.75, 3.05) is 18.4 Å². The maximum Gasteiger partial charge on any atom is 0.176 e. The quantitative estimate of drug-likeness (QED) is 0.828. The number of carbonyl (C=O) groups excluding carboxylic acids is 1. The van der Waals surface area contributed by atoms with Crippen LogP contribution in [0.15, 0.2) is 18.2 Å². The topological polar surface area (TPSA) is 41.1 Å². The fourth-order valence-corrected chi connectivity index (χ4v) is 3.65. The van der Waals surface area contributed by atoms with Crippen LogP contribution in [0.2, 0.25) is 0 Å². The van der Waals surface area contributed by atoms with E-state index in [1.54, 1.807) is 0 Å². The number of carbonyl (C=O) groups is 1. The van der Waals surface area contributed by atoms with Crippen LogP contribution < -0.4 is 10.6 Å². The summed E-state index contributed by atoms with van der Waals surface area (Å²) in [4.78, 5) is 12.4. The highest BCUT2D eigenvalue weighted by Gasteiger charge is 2.15. The van der Waals surface area contributed by atoms with E-state index in [1.165, 1.54) is 56.2 Å². The molecule has 0 spiro atoms. The molecule has 3 heteroatoms. The van der Waals surface area contributed by atoms with Crippen LogP contribution >= 0.6 is 0 Å². The summed E-state index contributed by atoms with van der Waals surface area (Å²) in [5, 5.41) is 6.90. The van der Waals surface area contributed by atoms with Crippen LogP contribution in [0.4, 0.5) is 5.69 Å². The minimum atomic E-state index is 0.232. The van der Waals surface area contributed by atoms with Gasteiger partial charge >= 0.3 is 0 Å². The molecule has 1 fully saturated rings. The number of fused-ring (bicyclic) bond motifs is 1. The molecule has 3 nitrogen and oxygen atoms in total. The first kappa shape index (κ1) is 15.5. The Morgan fingerprint density at radius 3 is 2.68 bits per heavy atom. The Labute approximate surface area is 133 Å². The van der Waals surface area contributed by atoms with Crippen molar-refractivity contribution >= 4 is 11.5 Å². The van der Waals surface area contributed by atoms with Crippen LogP contribution in [0, 0.1) is 0 Å². The molecule has 3 rings (SSSR count). The van der Waals surface area contributed by atoms with Crippen molar-refractivity contribution in [3.8, 4) is 0 Å². The molecule has 2 aliphatic rings. The highest BCUT2D eigenvalue weighted by atomic mass is 16.1. The molecule has 0 radical (unpaired) electrons. The smallest absolute Gasteiger partial charge is 0.176 e. The van der Waals surface area contributed by atoms with E-state index in [1.807, 2.05) is 6.07 Å². The molecule has 0 atom stereocenters. The number of benzene rings is 1. The molecule has 0 saturated heterocycles. The highest BCUT2D eigenvalue weighted by molar-refractivity contribution is 5.98. The van der Waals surface area contributed by atoms with Crippen LogP contribution in [0.5, 0.6) is 0 Å². The van der Waals surface area contributed by atoms with E-state index >= 15 is 0 Å². The second kappa shape index (κ2) is 7.77. The average Bonchev–Trinajstić information content (AvgIpc) is 2.53. The number of hydrogen-bond donors (Lipinski definition) is 2. The van der Waals surface area contributed by atoms with Crippen LogP contribution in [0.1, 0.15) is 67.3 Å². The van der Waals surface area contributed by atoms with Gasteiger partial charge in [-0.25, -0.2) is 0 Å². The summed E-state index contributed by atoms with van der Waals surface area (Å²) in [7, 11) is 0. The molecule has 1 saturated carbocycles. The highest BCUT2D eigenvalue weighted by Crippen LogP contribution is 2.23. The second-order valence-electron chi connectivity index (χ2n) is 6.75. The molecule has 1 aliphatic carbocycles. The van der Waals surface area contributed by atoms with Gasteiger partial charge in [0.1, 0.15) is 0 Å². The molecular weight excluding hydrogens is 272 g/mol. The number of anilines is 1. The third-order valence-corrected chi connectivity index (χ3v) is 5.02. The van der Waals surface area contributed by atoms with Gasteiger partial charge in [0.05, 0.1) is 6.54 Å². The number of hydrogen-bond acceptors (Lipinski definition) is 3. The first-order valence-corrected chi connectivity index (χ1v) is 8.96. The minimum Gasteiger partial charge on any atom is -0.385 e. The summed E-state index contributed by atoms with van der Waals surface area (Å²) in [6.07, 6.45) is 11.4. The SMILES string of the molecule is O=C(CNC1CCCCCCC1)c1ccc2c(c1)CCCN2. The van der Waals surface area contributed by atoms with E-state index in [0.29, 0.717) is 12.6 Å². The van der Waals surface area contributed by atoms with Crippen molar-refractivity contribution < 1.29 is 4.79 Å². The Balaban J connectivity index is 1.55. The predicted molar refractivity (Wildman–Crippen MR) is 91.7 cm³/mol. The number of aryl methyl sites for hydroxylation is 1. The summed E-state index contributed by atoms with van der Waals surface area (Å²) >= 11 is 0. The van der Waals surface area contributed by atoms with Gasteiger partial charge in [-0.1, -0.05) is 32.1 Å². The number of rotatable bonds is 4. The van der Waals surface area contributed by atoms with Crippen molar-refractivity contribution in [2.45, 2.75) is 63.8 Å². The lowest BCUT2D eigenvalue weighted by atomic mass is 9.96. The van der Waals surface area contributed by atoms with E-state index in [9.17, 15) is 4.79 Å². The molecule has 120 valence electrons. The first-order valence-electron chi connectivity index (χ1n) is 8.96. The fourth-order valence-electron chi connectivity index (χ4n) is 3.65. The molecular formula is C19H28N2O. The molecule has 2 N–H and O–H groups in total. The lowest BCUT2D eigenvalue weighted by Crippen LogP contribution is -2.34. The molecule has 22 heavy (non-hydrogen) atoms. The largest absolute Gasteiger partial charge is 0.385 e. The van der Waals surface area contributed by atoms with Gasteiger partial charge in [0.2, 0.25) is 0 Å². The van der Waals surface area contributed by atoms with E-state index in [-0.39, 0.29) is 5.78 Å². The number of nitrogens with one attached hydrogen (secondary N) is 2. The zero-order valence-electron chi connectivity index (χ0n) is 13.5. The molecule has 1 heterocycles. The Kier molecular flexibility index (Phi) is 5.49. The predicted octanol–water partition coefficient (Wildman–Crippen LogP) is 3.93. The van der Waals surface area contributed by atoms with Gasteiger partial charge in [0.15, 0.2) is 5.78 Å². The average molecular weight is 300 g/mol. The summed E-state index contributed by atoms with van der Waals surface area (Å²) in [6.45, 7) is 1.53. The van der Waals surface area contributed by atoms with Gasteiger partial charge in [0, 0.05) is 23.8 Å². The zero-order chi connectivity index (χ0) is 15.2.